The van der Waals surface area contributed by atoms with Crippen LogP contribution in [0.4, 0.5) is 11.4 Å². The molecule has 0 aliphatic carbocycles. The summed E-state index contributed by atoms with van der Waals surface area (Å²) in [4.78, 5) is 1.33. The van der Waals surface area contributed by atoms with Crippen molar-refractivity contribution in [2.45, 2.75) is 39.3 Å². The zero-order valence-corrected chi connectivity index (χ0v) is 13.0. The standard InChI is InChI=1S/C16H22N2OS/c1-4-15(16-6-5-7-20-16)18-13-8-12(17)9-14(10-13)19-11(2)3/h5-11,15,18H,4,17H2,1-3H3. The first kappa shape index (κ1) is 14.7. The average Bonchev–Trinajstić information content (AvgIpc) is 2.88. The summed E-state index contributed by atoms with van der Waals surface area (Å²) in [5.74, 6) is 0.809. The van der Waals surface area contributed by atoms with E-state index in [0.29, 0.717) is 11.7 Å². The maximum absolute atomic E-state index is 5.95. The maximum Gasteiger partial charge on any atom is 0.123 e. The molecule has 0 amide bonds. The summed E-state index contributed by atoms with van der Waals surface area (Å²) in [5.41, 5.74) is 7.67. The van der Waals surface area contributed by atoms with Gasteiger partial charge in [-0.05, 0) is 37.8 Å². The SMILES string of the molecule is CCC(Nc1cc(N)cc(OC(C)C)c1)c1cccs1. The van der Waals surface area contributed by atoms with Gasteiger partial charge in [-0.15, -0.1) is 11.3 Å². The second-order valence-electron chi connectivity index (χ2n) is 5.08. The van der Waals surface area contributed by atoms with Crippen molar-refractivity contribution in [2.75, 3.05) is 11.1 Å². The van der Waals surface area contributed by atoms with E-state index in [4.69, 9.17) is 10.5 Å². The molecule has 0 saturated heterocycles. The van der Waals surface area contributed by atoms with Crippen LogP contribution >= 0.6 is 11.3 Å². The number of thiophene rings is 1. The second-order valence-corrected chi connectivity index (χ2v) is 6.06. The Morgan fingerprint density at radius 2 is 2.10 bits per heavy atom. The minimum absolute atomic E-state index is 0.143. The smallest absolute Gasteiger partial charge is 0.123 e. The topological polar surface area (TPSA) is 47.3 Å². The van der Waals surface area contributed by atoms with Gasteiger partial charge in [-0.3, -0.25) is 0 Å². The van der Waals surface area contributed by atoms with Crippen LogP contribution in [0.15, 0.2) is 35.7 Å². The Bertz CT molecular complexity index is 537. The van der Waals surface area contributed by atoms with Gasteiger partial charge < -0.3 is 15.8 Å². The molecule has 108 valence electrons. The van der Waals surface area contributed by atoms with Crippen LogP contribution in [0.25, 0.3) is 0 Å². The van der Waals surface area contributed by atoms with E-state index in [0.717, 1.165) is 17.9 Å². The summed E-state index contributed by atoms with van der Waals surface area (Å²) in [6, 6.07) is 10.4. The number of hydrogen-bond donors (Lipinski definition) is 2. The molecule has 0 aliphatic rings. The lowest BCUT2D eigenvalue weighted by atomic mass is 10.1. The summed E-state index contributed by atoms with van der Waals surface area (Å²) in [6.45, 7) is 6.20. The fraction of sp³-hybridized carbons (Fsp3) is 0.375. The molecule has 3 nitrogen and oxygen atoms in total. The summed E-state index contributed by atoms with van der Waals surface area (Å²) >= 11 is 1.77. The third kappa shape index (κ3) is 3.90. The van der Waals surface area contributed by atoms with Crippen LogP contribution in [0.5, 0.6) is 5.75 Å². The van der Waals surface area contributed by atoms with Crippen molar-refractivity contribution in [1.29, 1.82) is 0 Å². The quantitative estimate of drug-likeness (QED) is 0.759. The van der Waals surface area contributed by atoms with Gasteiger partial charge in [0.15, 0.2) is 0 Å². The average molecular weight is 290 g/mol. The highest BCUT2D eigenvalue weighted by atomic mass is 32.1. The predicted molar refractivity (Wildman–Crippen MR) is 87.6 cm³/mol. The molecule has 0 aliphatic heterocycles. The van der Waals surface area contributed by atoms with Gasteiger partial charge in [0.25, 0.3) is 0 Å². The Balaban J connectivity index is 2.17. The molecule has 0 spiro atoms. The van der Waals surface area contributed by atoms with Gasteiger partial charge in [-0.2, -0.15) is 0 Å². The van der Waals surface area contributed by atoms with Crippen LogP contribution in [0.2, 0.25) is 0 Å². The van der Waals surface area contributed by atoms with Crippen molar-refractivity contribution in [3.8, 4) is 5.75 Å². The fourth-order valence-corrected chi connectivity index (χ4v) is 2.97. The molecule has 4 heteroatoms. The molecule has 20 heavy (non-hydrogen) atoms. The Hall–Kier alpha value is -1.68. The zero-order chi connectivity index (χ0) is 14.5. The number of nitrogens with one attached hydrogen (secondary N) is 1. The molecule has 1 unspecified atom stereocenters. The van der Waals surface area contributed by atoms with Gasteiger partial charge in [-0.25, -0.2) is 0 Å². The van der Waals surface area contributed by atoms with E-state index < -0.39 is 0 Å². The van der Waals surface area contributed by atoms with Crippen molar-refractivity contribution in [2.24, 2.45) is 0 Å². The summed E-state index contributed by atoms with van der Waals surface area (Å²) in [6.07, 6.45) is 1.17. The first-order chi connectivity index (χ1) is 9.58. The molecule has 0 saturated carbocycles. The molecule has 1 atom stereocenters. The van der Waals surface area contributed by atoms with Gasteiger partial charge in [0.2, 0.25) is 0 Å². The molecule has 1 aromatic heterocycles. The molecule has 0 radical (unpaired) electrons. The summed E-state index contributed by atoms with van der Waals surface area (Å²) < 4.78 is 5.72. The maximum atomic E-state index is 5.95. The molecule has 1 heterocycles. The highest BCUT2D eigenvalue weighted by Gasteiger charge is 2.11. The van der Waals surface area contributed by atoms with Crippen molar-refractivity contribution < 1.29 is 4.74 Å². The zero-order valence-electron chi connectivity index (χ0n) is 12.2. The Kier molecular flexibility index (Phi) is 4.90. The number of anilines is 2. The Labute approximate surface area is 124 Å². The molecule has 2 rings (SSSR count). The summed E-state index contributed by atoms with van der Waals surface area (Å²) in [5, 5.41) is 5.64. The molecule has 3 N–H and O–H groups in total. The van der Waals surface area contributed by atoms with Crippen molar-refractivity contribution in [3.05, 3.63) is 40.6 Å². The first-order valence-electron chi connectivity index (χ1n) is 6.95. The van der Waals surface area contributed by atoms with Crippen molar-refractivity contribution in [1.82, 2.24) is 0 Å². The van der Waals surface area contributed by atoms with Gasteiger partial charge in [0.1, 0.15) is 5.75 Å². The van der Waals surface area contributed by atoms with E-state index in [1.165, 1.54) is 4.88 Å². The van der Waals surface area contributed by atoms with E-state index in [2.05, 4.69) is 29.8 Å². The highest BCUT2D eigenvalue weighted by Crippen LogP contribution is 2.29. The number of nitrogens with two attached hydrogens (primary N) is 1. The molecular weight excluding hydrogens is 268 g/mol. The number of ether oxygens (including phenoxy) is 1. The van der Waals surface area contributed by atoms with Gasteiger partial charge in [0.05, 0.1) is 12.1 Å². The third-order valence-electron chi connectivity index (χ3n) is 2.94. The van der Waals surface area contributed by atoms with Crippen molar-refractivity contribution >= 4 is 22.7 Å². The van der Waals surface area contributed by atoms with Crippen LogP contribution in [-0.4, -0.2) is 6.10 Å². The van der Waals surface area contributed by atoms with E-state index >= 15 is 0 Å². The van der Waals surface area contributed by atoms with Crippen LogP contribution in [0.3, 0.4) is 0 Å². The van der Waals surface area contributed by atoms with Gasteiger partial charge in [0, 0.05) is 28.4 Å². The van der Waals surface area contributed by atoms with E-state index in [-0.39, 0.29) is 6.10 Å². The molecule has 1 aromatic carbocycles. The number of rotatable bonds is 6. The van der Waals surface area contributed by atoms with E-state index in [1.807, 2.05) is 32.0 Å². The Morgan fingerprint density at radius 3 is 2.70 bits per heavy atom. The van der Waals surface area contributed by atoms with Crippen LogP contribution in [0.1, 0.15) is 38.1 Å². The van der Waals surface area contributed by atoms with Crippen LogP contribution in [0, 0.1) is 0 Å². The van der Waals surface area contributed by atoms with Crippen LogP contribution < -0.4 is 15.8 Å². The first-order valence-corrected chi connectivity index (χ1v) is 7.83. The predicted octanol–water partition coefficient (Wildman–Crippen LogP) is 4.68. The lowest BCUT2D eigenvalue weighted by Crippen LogP contribution is -2.10. The summed E-state index contributed by atoms with van der Waals surface area (Å²) in [7, 11) is 0. The fourth-order valence-electron chi connectivity index (χ4n) is 2.11. The monoisotopic (exact) mass is 290 g/mol. The minimum atomic E-state index is 0.143. The number of nitrogen functional groups attached to an aromatic ring is 1. The molecule has 0 fully saturated rings. The van der Waals surface area contributed by atoms with Crippen molar-refractivity contribution in [3.63, 3.8) is 0 Å². The minimum Gasteiger partial charge on any atom is -0.491 e. The highest BCUT2D eigenvalue weighted by molar-refractivity contribution is 7.10. The lowest BCUT2D eigenvalue weighted by molar-refractivity contribution is 0.242. The number of hydrogen-bond acceptors (Lipinski definition) is 4. The lowest BCUT2D eigenvalue weighted by Gasteiger charge is -2.19. The largest absolute Gasteiger partial charge is 0.491 e. The molecule has 0 bridgehead atoms. The number of benzene rings is 1. The van der Waals surface area contributed by atoms with Gasteiger partial charge >= 0.3 is 0 Å². The Morgan fingerprint density at radius 1 is 1.30 bits per heavy atom. The van der Waals surface area contributed by atoms with Gasteiger partial charge in [-0.1, -0.05) is 13.0 Å². The molecule has 2 aromatic rings. The van der Waals surface area contributed by atoms with E-state index in [1.54, 1.807) is 11.3 Å². The second kappa shape index (κ2) is 6.66. The third-order valence-corrected chi connectivity index (χ3v) is 3.92. The molecular formula is C16H22N2OS. The normalized spacial score (nSPS) is 12.4. The van der Waals surface area contributed by atoms with Crippen LogP contribution in [-0.2, 0) is 0 Å². The van der Waals surface area contributed by atoms with E-state index in [9.17, 15) is 0 Å².